The highest BCUT2D eigenvalue weighted by Gasteiger charge is 2.55. The van der Waals surface area contributed by atoms with Crippen molar-refractivity contribution in [2.24, 2.45) is 0 Å². The number of amides is 3. The van der Waals surface area contributed by atoms with E-state index in [4.69, 9.17) is 0 Å². The molecule has 0 aromatic heterocycles. The minimum atomic E-state index is -0.371. The van der Waals surface area contributed by atoms with Crippen molar-refractivity contribution in [1.29, 1.82) is 0 Å². The van der Waals surface area contributed by atoms with Gasteiger partial charge in [0.1, 0.15) is 18.5 Å². The molecular weight excluding hydrogens is 342 g/mol. The van der Waals surface area contributed by atoms with E-state index in [2.05, 4.69) is 52.9 Å². The quantitative estimate of drug-likeness (QED) is 0.820. The molecule has 3 saturated heterocycles. The number of urea groups is 1. The number of carbonyl (C=O) groups is 2. The molecule has 144 valence electrons. The lowest BCUT2D eigenvalue weighted by molar-refractivity contribution is -0.138. The van der Waals surface area contributed by atoms with Crippen LogP contribution in [0.15, 0.2) is 36.4 Å². The molecule has 7 nitrogen and oxygen atoms in total. The Kier molecular flexibility index (Phi) is 4.44. The van der Waals surface area contributed by atoms with Crippen molar-refractivity contribution in [2.45, 2.75) is 38.8 Å². The number of imide groups is 1. The van der Waals surface area contributed by atoms with E-state index in [1.54, 1.807) is 11.9 Å². The van der Waals surface area contributed by atoms with Crippen LogP contribution < -0.4 is 10.2 Å². The molecule has 4 rings (SSSR count). The molecule has 3 fully saturated rings. The first-order valence-electron chi connectivity index (χ1n) is 9.46. The maximum Gasteiger partial charge on any atom is 0.328 e. The minimum Gasteiger partial charge on any atom is -0.343 e. The molecule has 3 heterocycles. The summed E-state index contributed by atoms with van der Waals surface area (Å²) in [7, 11) is 1.76. The Balaban J connectivity index is 1.66. The predicted molar refractivity (Wildman–Crippen MR) is 104 cm³/mol. The maximum absolute atomic E-state index is 13.2. The summed E-state index contributed by atoms with van der Waals surface area (Å²) in [5.74, 6) is -0.132. The smallest absolute Gasteiger partial charge is 0.328 e. The number of nitrogens with one attached hydrogen (secondary N) is 1. The number of carbonyl (C=O) groups excluding carboxylic acids is 2. The number of benzene rings is 1. The summed E-state index contributed by atoms with van der Waals surface area (Å²) in [4.78, 5) is 33.4. The molecular formula is C20H27N5O2. The third-order valence-corrected chi connectivity index (χ3v) is 5.63. The molecule has 1 aromatic rings. The number of likely N-dealkylation sites (N-methyl/N-ethyl adjacent to an activating group) is 1. The van der Waals surface area contributed by atoms with Gasteiger partial charge in [-0.05, 0) is 38.0 Å². The molecule has 1 aromatic carbocycles. The second kappa shape index (κ2) is 6.65. The summed E-state index contributed by atoms with van der Waals surface area (Å²) in [5, 5.41) is 3.53. The summed E-state index contributed by atoms with van der Waals surface area (Å²) in [6, 6.07) is 7.77. The number of fused-ring (bicyclic) bond motifs is 3. The number of nitrogens with zero attached hydrogens (tertiary/aromatic N) is 4. The lowest BCUT2D eigenvalue weighted by atomic mass is 10.1. The van der Waals surface area contributed by atoms with Crippen molar-refractivity contribution < 1.29 is 9.59 Å². The molecule has 0 spiro atoms. The summed E-state index contributed by atoms with van der Waals surface area (Å²) in [6.07, 6.45) is 0.558. The first-order valence-corrected chi connectivity index (χ1v) is 9.46. The molecule has 0 radical (unpaired) electrons. The van der Waals surface area contributed by atoms with Gasteiger partial charge in [0.15, 0.2) is 0 Å². The molecule has 0 aliphatic carbocycles. The Morgan fingerprint density at radius 2 is 2.07 bits per heavy atom. The van der Waals surface area contributed by atoms with E-state index >= 15 is 0 Å². The highest BCUT2D eigenvalue weighted by molar-refractivity contribution is 6.00. The lowest BCUT2D eigenvalue weighted by Crippen LogP contribution is -2.66. The second-order valence-corrected chi connectivity index (χ2v) is 7.83. The predicted octanol–water partition coefficient (Wildman–Crippen LogP) is 1.56. The van der Waals surface area contributed by atoms with Gasteiger partial charge in [-0.3, -0.25) is 19.9 Å². The van der Waals surface area contributed by atoms with Gasteiger partial charge in [-0.1, -0.05) is 24.3 Å². The number of anilines is 1. The zero-order valence-electron chi connectivity index (χ0n) is 16.2. The van der Waals surface area contributed by atoms with Gasteiger partial charge in [0, 0.05) is 25.8 Å². The Morgan fingerprint density at radius 3 is 2.78 bits per heavy atom. The van der Waals surface area contributed by atoms with Crippen LogP contribution in [0.5, 0.6) is 0 Å². The van der Waals surface area contributed by atoms with Gasteiger partial charge in [-0.25, -0.2) is 4.79 Å². The van der Waals surface area contributed by atoms with E-state index in [1.807, 2.05) is 6.92 Å². The Bertz CT molecular complexity index is 794. The van der Waals surface area contributed by atoms with Crippen molar-refractivity contribution in [3.05, 3.63) is 42.0 Å². The van der Waals surface area contributed by atoms with Crippen molar-refractivity contribution >= 4 is 17.6 Å². The molecule has 0 saturated carbocycles. The van der Waals surface area contributed by atoms with Gasteiger partial charge in [-0.2, -0.15) is 0 Å². The van der Waals surface area contributed by atoms with Crippen LogP contribution in [0.25, 0.3) is 0 Å². The number of hydrogen-bond acceptors (Lipinski definition) is 5. The summed E-state index contributed by atoms with van der Waals surface area (Å²) >= 11 is 0. The monoisotopic (exact) mass is 369 g/mol. The Labute approximate surface area is 160 Å². The summed E-state index contributed by atoms with van der Waals surface area (Å²) in [6.45, 7) is 9.80. The molecule has 27 heavy (non-hydrogen) atoms. The van der Waals surface area contributed by atoms with E-state index in [9.17, 15) is 9.59 Å². The van der Waals surface area contributed by atoms with Crippen LogP contribution in [0.2, 0.25) is 0 Å². The van der Waals surface area contributed by atoms with Crippen LogP contribution in [0.4, 0.5) is 10.5 Å². The second-order valence-electron chi connectivity index (χ2n) is 7.83. The third-order valence-electron chi connectivity index (χ3n) is 5.63. The van der Waals surface area contributed by atoms with Crippen LogP contribution in [-0.2, 0) is 4.79 Å². The number of hydrogen-bond donors (Lipinski definition) is 1. The fourth-order valence-corrected chi connectivity index (χ4v) is 4.41. The van der Waals surface area contributed by atoms with Crippen LogP contribution in [-0.4, -0.2) is 71.8 Å². The van der Waals surface area contributed by atoms with E-state index in [0.29, 0.717) is 0 Å². The van der Waals surface area contributed by atoms with Gasteiger partial charge in [0.25, 0.3) is 5.91 Å². The number of rotatable bonds is 3. The van der Waals surface area contributed by atoms with Crippen molar-refractivity contribution in [3.8, 4) is 0 Å². The maximum atomic E-state index is 13.2. The fourth-order valence-electron chi connectivity index (χ4n) is 4.41. The summed E-state index contributed by atoms with van der Waals surface area (Å²) in [5.41, 5.74) is 3.14. The van der Waals surface area contributed by atoms with Crippen molar-refractivity contribution in [3.63, 3.8) is 0 Å². The standard InChI is InChI=1S/C20H27N5O2/c1-13(2)12-25-18(26)16-17(22(4)20(25)27)21-19-23(9-6-10-24(16)19)15-8-5-7-14(3)11-15/h5,7-8,11,16-17,19,21H,1,6,9-10,12H2,2-4H3. The Morgan fingerprint density at radius 1 is 1.30 bits per heavy atom. The lowest BCUT2D eigenvalue weighted by Gasteiger charge is -2.44. The first kappa shape index (κ1) is 18.0. The minimum absolute atomic E-state index is 0.0977. The number of aryl methyl sites for hydroxylation is 1. The van der Waals surface area contributed by atoms with E-state index in [-0.39, 0.29) is 37.0 Å². The largest absolute Gasteiger partial charge is 0.343 e. The first-order chi connectivity index (χ1) is 12.9. The molecule has 7 heteroatoms. The fraction of sp³-hybridized carbons (Fsp3) is 0.500. The van der Waals surface area contributed by atoms with Gasteiger partial charge < -0.3 is 9.80 Å². The third kappa shape index (κ3) is 2.91. The average Bonchev–Trinajstić information content (AvgIpc) is 3.03. The zero-order valence-corrected chi connectivity index (χ0v) is 16.2. The van der Waals surface area contributed by atoms with E-state index in [0.717, 1.165) is 30.8 Å². The molecule has 3 unspecified atom stereocenters. The van der Waals surface area contributed by atoms with Crippen molar-refractivity contribution in [1.82, 2.24) is 20.0 Å². The molecule has 3 aliphatic rings. The molecule has 3 amide bonds. The molecule has 1 N–H and O–H groups in total. The highest BCUT2D eigenvalue weighted by Crippen LogP contribution is 2.33. The van der Waals surface area contributed by atoms with Gasteiger partial charge in [0.05, 0.1) is 6.54 Å². The topological polar surface area (TPSA) is 59.1 Å². The molecule has 3 aliphatic heterocycles. The summed E-state index contributed by atoms with van der Waals surface area (Å²) < 4.78 is 0. The van der Waals surface area contributed by atoms with Gasteiger partial charge in [0.2, 0.25) is 0 Å². The van der Waals surface area contributed by atoms with E-state index < -0.39 is 0 Å². The van der Waals surface area contributed by atoms with Gasteiger partial charge in [-0.15, -0.1) is 0 Å². The van der Waals surface area contributed by atoms with E-state index in [1.165, 1.54) is 10.5 Å². The Hall–Kier alpha value is -2.38. The molecule has 3 atom stereocenters. The zero-order chi connectivity index (χ0) is 19.3. The van der Waals surface area contributed by atoms with Crippen LogP contribution in [0.3, 0.4) is 0 Å². The highest BCUT2D eigenvalue weighted by atomic mass is 16.2. The van der Waals surface area contributed by atoms with Crippen LogP contribution in [0.1, 0.15) is 18.9 Å². The van der Waals surface area contributed by atoms with Crippen molar-refractivity contribution in [2.75, 3.05) is 31.6 Å². The average molecular weight is 369 g/mol. The van der Waals surface area contributed by atoms with Crippen LogP contribution in [0, 0.1) is 6.92 Å². The SMILES string of the molecule is C=C(C)CN1C(=O)C2C(NC3N(c4cccc(C)c4)CCCN23)N(C)C1=O. The normalized spacial score (nSPS) is 28.4. The van der Waals surface area contributed by atoms with Gasteiger partial charge >= 0.3 is 6.03 Å². The van der Waals surface area contributed by atoms with Crippen LogP contribution >= 0.6 is 0 Å². The molecule has 0 bridgehead atoms.